The Hall–Kier alpha value is -0.400. The molecule has 0 fully saturated rings. The van der Waals surface area contributed by atoms with E-state index in [-0.39, 0.29) is 50.6 Å². The summed E-state index contributed by atoms with van der Waals surface area (Å²) < 4.78 is 2.16. The fraction of sp³-hybridized carbons (Fsp3) is 1.00. The Bertz CT molecular complexity index is 394. The maximum atomic E-state index is 8.95. The topological polar surface area (TPSA) is 181 Å². The number of nitrogens with zero attached hydrogens (tertiary/aromatic N) is 2. The van der Waals surface area contributed by atoms with Gasteiger partial charge in [-0.1, -0.05) is 6.92 Å². The smallest absolute Gasteiger partial charge is 0.0787 e. The Morgan fingerprint density at radius 1 is 0.333 bits per heavy atom. The van der Waals surface area contributed by atoms with Crippen molar-refractivity contribution in [3.8, 4) is 0 Å². The van der Waals surface area contributed by atoms with Crippen LogP contribution in [-0.2, 0) is 0 Å². The molecule has 39 heavy (non-hydrogen) atoms. The lowest BCUT2D eigenvalue weighted by Gasteiger charge is -2.39. The van der Waals surface area contributed by atoms with E-state index in [9.17, 15) is 0 Å². The monoisotopic (exact) mass is 572 g/mol. The highest BCUT2D eigenvalue weighted by molar-refractivity contribution is 4.51. The van der Waals surface area contributed by atoms with Crippen molar-refractivity contribution < 1.29 is 50.6 Å². The number of aliphatic hydroxyl groups is 6. The number of hydrogen-bond acceptors (Lipinski definition) is 8. The normalized spacial score (nSPS) is 11.4. The number of aliphatic hydroxyl groups excluding tert-OH is 6. The fourth-order valence-electron chi connectivity index (χ4n) is 5.31. The van der Waals surface area contributed by atoms with E-state index in [0.29, 0.717) is 0 Å². The predicted octanol–water partition coefficient (Wildman–Crippen LogP) is 2.32. The molecule has 0 aromatic carbocycles. The maximum Gasteiger partial charge on any atom is 0.0787 e. The summed E-state index contributed by atoms with van der Waals surface area (Å²) in [5, 5.41) is 53.5. The lowest BCUT2D eigenvalue weighted by atomic mass is 10.1. The molecule has 0 radical (unpaired) electrons. The zero-order valence-corrected chi connectivity index (χ0v) is 25.6. The Labute approximate surface area is 240 Å². The van der Waals surface area contributed by atoms with E-state index in [0.717, 1.165) is 138 Å². The summed E-state index contributed by atoms with van der Waals surface area (Å²) in [6, 6.07) is 0. The average molecular weight is 573 g/mol. The van der Waals surface area contributed by atoms with Gasteiger partial charge < -0.3 is 50.6 Å². The van der Waals surface area contributed by atoms with E-state index in [2.05, 4.69) is 13.8 Å². The Morgan fingerprint density at radius 3 is 0.744 bits per heavy atom. The molecule has 0 saturated carbocycles. The summed E-state index contributed by atoms with van der Waals surface area (Å²) in [4.78, 5) is 0. The molecular formula is C29H68N2O8. The molecule has 0 bridgehead atoms. The van der Waals surface area contributed by atoms with Gasteiger partial charge in [-0.25, -0.2) is 0 Å². The number of rotatable bonds is 27. The van der Waals surface area contributed by atoms with E-state index in [1.165, 1.54) is 6.54 Å². The fourth-order valence-corrected chi connectivity index (χ4v) is 5.31. The largest absolute Gasteiger partial charge is 0.870 e. The maximum absolute atomic E-state index is 8.95. The van der Waals surface area contributed by atoms with Crippen LogP contribution in [0.5, 0.6) is 0 Å². The standard InChI is InChI=1S/C15H34NO3.C14H32NO3.2H2O/c1-2-9-16(10-3-6-13-17,11-4-7-14-18)12-5-8-15-19;1-2-15(9-3-6-12-16,10-4-7-13-17)11-5-8-14-18;;/h17-19H,2-15H2,1H3;16-18H,2-14H2,1H3;2*1H2/q2*+1;;/p-2. The molecule has 0 heterocycles. The van der Waals surface area contributed by atoms with Gasteiger partial charge in [-0.05, 0) is 90.4 Å². The van der Waals surface area contributed by atoms with Gasteiger partial charge in [0.2, 0.25) is 0 Å². The lowest BCUT2D eigenvalue weighted by Crippen LogP contribution is -2.50. The second-order valence-corrected chi connectivity index (χ2v) is 10.6. The number of hydrogen-bond donors (Lipinski definition) is 6. The van der Waals surface area contributed by atoms with Crippen LogP contribution < -0.4 is 0 Å². The summed E-state index contributed by atoms with van der Waals surface area (Å²) in [5.41, 5.74) is 0. The summed E-state index contributed by atoms with van der Waals surface area (Å²) in [5.74, 6) is 0. The molecule has 10 heteroatoms. The van der Waals surface area contributed by atoms with Crippen molar-refractivity contribution >= 4 is 0 Å². The highest BCUT2D eigenvalue weighted by Crippen LogP contribution is 2.16. The first-order chi connectivity index (χ1) is 18.0. The molecule has 0 unspecified atom stereocenters. The lowest BCUT2D eigenvalue weighted by molar-refractivity contribution is -0.929. The quantitative estimate of drug-likeness (QED) is 0.0640. The van der Waals surface area contributed by atoms with Crippen LogP contribution in [0, 0.1) is 0 Å². The molecule has 0 aliphatic heterocycles. The molecule has 0 rings (SSSR count). The molecular weight excluding hydrogens is 504 g/mol. The van der Waals surface area contributed by atoms with Crippen LogP contribution >= 0.6 is 0 Å². The average Bonchev–Trinajstić information content (AvgIpc) is 2.90. The second-order valence-electron chi connectivity index (χ2n) is 10.6. The molecule has 0 aromatic heterocycles. The van der Waals surface area contributed by atoms with E-state index in [4.69, 9.17) is 30.6 Å². The van der Waals surface area contributed by atoms with Crippen LogP contribution in [0.25, 0.3) is 0 Å². The van der Waals surface area contributed by atoms with Crippen LogP contribution in [0.15, 0.2) is 0 Å². The van der Waals surface area contributed by atoms with Crippen molar-refractivity contribution in [2.45, 2.75) is 97.3 Å². The third kappa shape index (κ3) is 26.3. The molecule has 0 atom stereocenters. The molecule has 8 N–H and O–H groups in total. The summed E-state index contributed by atoms with van der Waals surface area (Å²) in [6.45, 7) is 15.0. The van der Waals surface area contributed by atoms with Crippen molar-refractivity contribution in [1.82, 2.24) is 0 Å². The van der Waals surface area contributed by atoms with Crippen molar-refractivity contribution in [3.05, 3.63) is 0 Å². The van der Waals surface area contributed by atoms with Gasteiger partial charge in [-0.15, -0.1) is 0 Å². The highest BCUT2D eigenvalue weighted by atomic mass is 16.3. The molecule has 0 aliphatic rings. The SMILES string of the molecule is CCC[N+](CCCCO)(CCCCO)CCCCO.CC[N+](CCCCO)(CCCCO)CCCCO.[OH-].[OH-]. The van der Waals surface area contributed by atoms with Crippen LogP contribution in [-0.4, -0.2) is 143 Å². The van der Waals surface area contributed by atoms with Crippen molar-refractivity contribution in [1.29, 1.82) is 0 Å². The minimum atomic E-state index is 0. The van der Waals surface area contributed by atoms with E-state index >= 15 is 0 Å². The van der Waals surface area contributed by atoms with Crippen LogP contribution in [0.4, 0.5) is 0 Å². The Morgan fingerprint density at radius 2 is 0.564 bits per heavy atom. The predicted molar refractivity (Wildman–Crippen MR) is 157 cm³/mol. The summed E-state index contributed by atoms with van der Waals surface area (Å²) >= 11 is 0. The van der Waals surface area contributed by atoms with Crippen LogP contribution in [0.2, 0.25) is 0 Å². The van der Waals surface area contributed by atoms with Gasteiger partial charge in [-0.3, -0.25) is 0 Å². The first-order valence-electron chi connectivity index (χ1n) is 15.3. The molecule has 0 spiro atoms. The molecule has 10 nitrogen and oxygen atoms in total. The Balaban J connectivity index is -0.000000299. The Kier molecular flexibility index (Phi) is 39.5. The second kappa shape index (κ2) is 33.8. The number of quaternary nitrogens is 2. The van der Waals surface area contributed by atoms with E-state index in [1.54, 1.807) is 0 Å². The van der Waals surface area contributed by atoms with Crippen molar-refractivity contribution in [2.24, 2.45) is 0 Å². The molecule has 0 aliphatic carbocycles. The van der Waals surface area contributed by atoms with Crippen molar-refractivity contribution in [2.75, 3.05) is 92.0 Å². The summed E-state index contributed by atoms with van der Waals surface area (Å²) in [6.07, 6.45) is 12.8. The first kappa shape index (κ1) is 45.6. The molecule has 0 saturated heterocycles. The minimum Gasteiger partial charge on any atom is -0.870 e. The van der Waals surface area contributed by atoms with Gasteiger partial charge in [0.15, 0.2) is 0 Å². The molecule has 0 aromatic rings. The van der Waals surface area contributed by atoms with Gasteiger partial charge >= 0.3 is 0 Å². The first-order valence-corrected chi connectivity index (χ1v) is 15.3. The van der Waals surface area contributed by atoms with Gasteiger partial charge in [0.25, 0.3) is 0 Å². The third-order valence-electron chi connectivity index (χ3n) is 7.61. The zero-order chi connectivity index (χ0) is 28.1. The van der Waals surface area contributed by atoms with Gasteiger partial charge in [-0.2, -0.15) is 0 Å². The van der Waals surface area contributed by atoms with Crippen LogP contribution in [0.1, 0.15) is 97.3 Å². The van der Waals surface area contributed by atoms with Gasteiger partial charge in [0, 0.05) is 39.6 Å². The van der Waals surface area contributed by atoms with E-state index in [1.807, 2.05) is 0 Å². The molecule has 242 valence electrons. The highest BCUT2D eigenvalue weighted by Gasteiger charge is 2.25. The minimum absolute atomic E-state index is 0. The van der Waals surface area contributed by atoms with Crippen molar-refractivity contribution in [3.63, 3.8) is 0 Å². The zero-order valence-electron chi connectivity index (χ0n) is 25.6. The third-order valence-corrected chi connectivity index (χ3v) is 7.61. The summed E-state index contributed by atoms with van der Waals surface area (Å²) in [7, 11) is 0. The van der Waals surface area contributed by atoms with E-state index < -0.39 is 0 Å². The van der Waals surface area contributed by atoms with Crippen LogP contribution in [0.3, 0.4) is 0 Å². The molecule has 0 amide bonds. The van der Waals surface area contributed by atoms with Gasteiger partial charge in [0.05, 0.1) is 52.4 Å². The number of unbranched alkanes of at least 4 members (excludes halogenated alkanes) is 6. The van der Waals surface area contributed by atoms with Gasteiger partial charge in [0.1, 0.15) is 0 Å².